The lowest BCUT2D eigenvalue weighted by Crippen LogP contribution is -2.54. The summed E-state index contributed by atoms with van der Waals surface area (Å²) >= 11 is 4.35. The zero-order valence-electron chi connectivity index (χ0n) is 22.8. The van der Waals surface area contributed by atoms with Crippen molar-refractivity contribution in [3.63, 3.8) is 0 Å². The van der Waals surface area contributed by atoms with Gasteiger partial charge >= 0.3 is 6.09 Å². The molecule has 1 aliphatic rings. The first-order valence-electron chi connectivity index (χ1n) is 12.7. The molecule has 0 bridgehead atoms. The van der Waals surface area contributed by atoms with Crippen LogP contribution in [0.5, 0.6) is 0 Å². The molecule has 1 saturated carbocycles. The van der Waals surface area contributed by atoms with Crippen molar-refractivity contribution in [1.29, 1.82) is 0 Å². The summed E-state index contributed by atoms with van der Waals surface area (Å²) in [7, 11) is 0. The smallest absolute Gasteiger partial charge is 0.408 e. The molecule has 0 radical (unpaired) electrons. The number of benzene rings is 2. The fourth-order valence-electron chi connectivity index (χ4n) is 4.44. The first kappa shape index (κ1) is 28.6. The molecule has 0 heterocycles. The summed E-state index contributed by atoms with van der Waals surface area (Å²) < 4.78 is 5.37. The summed E-state index contributed by atoms with van der Waals surface area (Å²) in [6.07, 6.45) is 0.879. The van der Waals surface area contributed by atoms with Crippen LogP contribution >= 0.6 is 12.6 Å². The van der Waals surface area contributed by atoms with Gasteiger partial charge in [0, 0.05) is 17.5 Å². The Morgan fingerprint density at radius 3 is 2.16 bits per heavy atom. The number of carbonyl (C=O) groups is 3. The van der Waals surface area contributed by atoms with E-state index in [1.54, 1.807) is 25.7 Å². The Hall–Kier alpha value is -3.00. The van der Waals surface area contributed by atoms with Crippen LogP contribution in [-0.2, 0) is 14.3 Å². The number of carbonyl (C=O) groups excluding carboxylic acids is 3. The molecule has 0 aromatic heterocycles. The molecule has 3 amide bonds. The minimum Gasteiger partial charge on any atom is -0.444 e. The molecule has 2 N–H and O–H groups in total. The Balaban J connectivity index is 2.02. The number of thiol groups is 1. The van der Waals surface area contributed by atoms with Crippen molar-refractivity contribution in [2.45, 2.75) is 85.0 Å². The highest BCUT2D eigenvalue weighted by molar-refractivity contribution is 7.80. The molecular formula is C29H39N3O4S. The Morgan fingerprint density at radius 2 is 1.65 bits per heavy atom. The van der Waals surface area contributed by atoms with Gasteiger partial charge in [-0.2, -0.15) is 12.6 Å². The molecule has 2 aromatic rings. The number of amides is 3. The highest BCUT2D eigenvalue weighted by Gasteiger charge is 2.44. The van der Waals surface area contributed by atoms with Crippen LogP contribution in [0.15, 0.2) is 36.4 Å². The van der Waals surface area contributed by atoms with Gasteiger partial charge in [0.25, 0.3) is 5.91 Å². The molecular weight excluding hydrogens is 486 g/mol. The minimum absolute atomic E-state index is 0.0689. The lowest BCUT2D eigenvalue weighted by Gasteiger charge is -2.35. The van der Waals surface area contributed by atoms with E-state index < -0.39 is 23.8 Å². The molecule has 200 valence electrons. The number of ether oxygens (including phenoxy) is 1. The van der Waals surface area contributed by atoms with E-state index in [2.05, 4.69) is 23.3 Å². The van der Waals surface area contributed by atoms with E-state index in [1.165, 1.54) is 0 Å². The quantitative estimate of drug-likeness (QED) is 0.402. The number of nitrogens with one attached hydrogen (secondary N) is 2. The van der Waals surface area contributed by atoms with Crippen LogP contribution in [0.25, 0.3) is 0 Å². The van der Waals surface area contributed by atoms with Gasteiger partial charge < -0.3 is 20.3 Å². The van der Waals surface area contributed by atoms with Crippen molar-refractivity contribution in [2.24, 2.45) is 0 Å². The molecule has 7 nitrogen and oxygen atoms in total. The maximum atomic E-state index is 14.0. The third kappa shape index (κ3) is 7.28. The van der Waals surface area contributed by atoms with Gasteiger partial charge in [0.05, 0.1) is 0 Å². The molecule has 0 saturated heterocycles. The molecule has 37 heavy (non-hydrogen) atoms. The van der Waals surface area contributed by atoms with E-state index in [0.717, 1.165) is 46.3 Å². The summed E-state index contributed by atoms with van der Waals surface area (Å²) in [5.74, 6) is -0.579. The van der Waals surface area contributed by atoms with E-state index in [1.807, 2.05) is 64.1 Å². The highest BCUT2D eigenvalue weighted by atomic mass is 32.1. The summed E-state index contributed by atoms with van der Waals surface area (Å²) in [6.45, 7) is 13.1. The average molecular weight is 526 g/mol. The topological polar surface area (TPSA) is 87.7 Å². The number of para-hydroxylation sites is 1. The third-order valence-electron chi connectivity index (χ3n) is 6.34. The number of hydrogen-bond donors (Lipinski definition) is 3. The SMILES string of the molecule is Cc1ccc(C(C(=O)Nc2c(C)cccc2C)N(C(=O)C(CS)NC(=O)OC(C)(C)C)C2CC2)c(C)c1. The zero-order valence-corrected chi connectivity index (χ0v) is 23.7. The molecule has 2 unspecified atom stereocenters. The summed E-state index contributed by atoms with van der Waals surface area (Å²) in [5.41, 5.74) is 4.65. The molecule has 1 aliphatic carbocycles. The van der Waals surface area contributed by atoms with Gasteiger partial charge in [-0.15, -0.1) is 0 Å². The molecule has 0 aliphatic heterocycles. The highest BCUT2D eigenvalue weighted by Crippen LogP contribution is 2.37. The van der Waals surface area contributed by atoms with E-state index in [4.69, 9.17) is 4.74 Å². The second-order valence-corrected chi connectivity index (χ2v) is 11.2. The molecule has 2 aromatic carbocycles. The van der Waals surface area contributed by atoms with Crippen LogP contribution in [0.1, 0.15) is 67.5 Å². The largest absolute Gasteiger partial charge is 0.444 e. The fourth-order valence-corrected chi connectivity index (χ4v) is 4.69. The predicted octanol–water partition coefficient (Wildman–Crippen LogP) is 5.41. The van der Waals surface area contributed by atoms with E-state index in [9.17, 15) is 14.4 Å². The van der Waals surface area contributed by atoms with Crippen LogP contribution in [0, 0.1) is 27.7 Å². The Morgan fingerprint density at radius 1 is 1.03 bits per heavy atom. The third-order valence-corrected chi connectivity index (χ3v) is 6.71. The maximum absolute atomic E-state index is 14.0. The Labute approximate surface area is 225 Å². The van der Waals surface area contributed by atoms with Crippen LogP contribution < -0.4 is 10.6 Å². The van der Waals surface area contributed by atoms with Crippen LogP contribution in [0.4, 0.5) is 10.5 Å². The summed E-state index contributed by atoms with van der Waals surface area (Å²) in [6, 6.07) is 9.79. The van der Waals surface area contributed by atoms with Crippen molar-refractivity contribution < 1.29 is 19.1 Å². The van der Waals surface area contributed by atoms with Gasteiger partial charge in [-0.3, -0.25) is 9.59 Å². The molecule has 1 fully saturated rings. The minimum atomic E-state index is -0.944. The zero-order chi connectivity index (χ0) is 27.5. The Bertz CT molecular complexity index is 1150. The van der Waals surface area contributed by atoms with Crippen molar-refractivity contribution >= 4 is 36.2 Å². The van der Waals surface area contributed by atoms with Crippen LogP contribution in [0.3, 0.4) is 0 Å². The molecule has 8 heteroatoms. The van der Waals surface area contributed by atoms with Crippen LogP contribution in [0.2, 0.25) is 0 Å². The van der Waals surface area contributed by atoms with E-state index in [0.29, 0.717) is 0 Å². The van der Waals surface area contributed by atoms with Gasteiger partial charge in [0.1, 0.15) is 17.7 Å². The second kappa shape index (κ2) is 11.6. The monoisotopic (exact) mass is 525 g/mol. The van der Waals surface area contributed by atoms with Crippen LogP contribution in [-0.4, -0.2) is 46.2 Å². The normalized spacial score (nSPS) is 14.9. The van der Waals surface area contributed by atoms with Crippen molar-refractivity contribution in [1.82, 2.24) is 10.2 Å². The summed E-state index contributed by atoms with van der Waals surface area (Å²) in [4.78, 5) is 42.1. The standard InChI is InChI=1S/C29H39N3O4S/c1-17-11-14-22(20(4)15-17)25(26(33)31-24-18(2)9-8-10-19(24)3)32(21-12-13-21)27(34)23(16-37)30-28(35)36-29(5,6)7/h8-11,14-15,21,23,25,37H,12-13,16H2,1-7H3,(H,30,35)(H,31,33). The average Bonchev–Trinajstić information content (AvgIpc) is 3.62. The summed E-state index contributed by atoms with van der Waals surface area (Å²) in [5, 5.41) is 5.76. The second-order valence-electron chi connectivity index (χ2n) is 10.9. The van der Waals surface area contributed by atoms with Gasteiger partial charge in [0.15, 0.2) is 0 Å². The van der Waals surface area contributed by atoms with E-state index in [-0.39, 0.29) is 23.6 Å². The molecule has 3 rings (SSSR count). The Kier molecular flexibility index (Phi) is 8.95. The van der Waals surface area contributed by atoms with Crippen molar-refractivity contribution in [3.05, 3.63) is 64.2 Å². The van der Waals surface area contributed by atoms with Gasteiger partial charge in [-0.25, -0.2) is 4.79 Å². The fraction of sp³-hybridized carbons (Fsp3) is 0.483. The first-order valence-corrected chi connectivity index (χ1v) is 13.3. The van der Waals surface area contributed by atoms with E-state index >= 15 is 0 Å². The van der Waals surface area contributed by atoms with Crippen molar-refractivity contribution in [2.75, 3.05) is 11.1 Å². The molecule has 0 spiro atoms. The number of nitrogens with zero attached hydrogens (tertiary/aromatic N) is 1. The number of aryl methyl sites for hydroxylation is 4. The van der Waals surface area contributed by atoms with Crippen molar-refractivity contribution in [3.8, 4) is 0 Å². The number of hydrogen-bond acceptors (Lipinski definition) is 5. The first-order chi connectivity index (χ1) is 17.3. The maximum Gasteiger partial charge on any atom is 0.408 e. The van der Waals surface area contributed by atoms with Gasteiger partial charge in [-0.1, -0.05) is 42.0 Å². The van der Waals surface area contributed by atoms with Gasteiger partial charge in [0.2, 0.25) is 5.91 Å². The molecule has 2 atom stereocenters. The number of rotatable bonds is 8. The number of alkyl carbamates (subject to hydrolysis) is 1. The predicted molar refractivity (Wildman–Crippen MR) is 150 cm³/mol. The lowest BCUT2D eigenvalue weighted by molar-refractivity contribution is -0.141. The lowest BCUT2D eigenvalue weighted by atomic mass is 9.96. The number of anilines is 1. The van der Waals surface area contributed by atoms with Gasteiger partial charge in [-0.05, 0) is 83.6 Å².